The van der Waals surface area contributed by atoms with Gasteiger partial charge in [-0.2, -0.15) is 0 Å². The molecule has 0 aromatic rings. The Bertz CT molecular complexity index is 349. The van der Waals surface area contributed by atoms with Gasteiger partial charge in [-0.05, 0) is 0 Å². The van der Waals surface area contributed by atoms with E-state index in [-0.39, 0.29) is 12.2 Å². The Morgan fingerprint density at radius 1 is 1.36 bits per heavy atom. The zero-order valence-electron chi connectivity index (χ0n) is 7.38. The second-order valence-corrected chi connectivity index (χ2v) is 3.74. The minimum Gasteiger partial charge on any atom is -0.386 e. The number of aliphatic hydroxyl groups is 2. The van der Waals surface area contributed by atoms with Crippen molar-refractivity contribution in [1.82, 2.24) is 0 Å². The Morgan fingerprint density at radius 2 is 2.14 bits per heavy atom. The molecule has 3 aliphatic rings. The van der Waals surface area contributed by atoms with E-state index in [1.54, 1.807) is 0 Å². The van der Waals surface area contributed by atoms with Crippen LogP contribution in [0.25, 0.3) is 0 Å². The first-order valence-electron chi connectivity index (χ1n) is 4.59. The molecule has 3 rings (SSSR count). The number of epoxide rings is 2. The van der Waals surface area contributed by atoms with Gasteiger partial charge in [0.05, 0.1) is 6.61 Å². The number of rotatable bonds is 0. The molecule has 74 valence electrons. The monoisotopic (exact) mass is 194 g/mol. The zero-order chi connectivity index (χ0) is 9.76. The Kier molecular flexibility index (Phi) is 1.56. The summed E-state index contributed by atoms with van der Waals surface area (Å²) in [5.74, 6) is 5.71. The Labute approximate surface area is 81.1 Å². The van der Waals surface area contributed by atoms with Gasteiger partial charge in [0.2, 0.25) is 0 Å². The molecule has 0 aromatic heterocycles. The predicted molar refractivity (Wildman–Crippen MR) is 46.3 cm³/mol. The molecule has 14 heavy (non-hydrogen) atoms. The van der Waals surface area contributed by atoms with Crippen LogP contribution in [0.4, 0.5) is 0 Å². The van der Waals surface area contributed by atoms with E-state index in [0.717, 1.165) is 0 Å². The van der Waals surface area contributed by atoms with E-state index in [2.05, 4.69) is 11.8 Å². The summed E-state index contributed by atoms with van der Waals surface area (Å²) in [6, 6.07) is 0. The first-order chi connectivity index (χ1) is 6.72. The van der Waals surface area contributed by atoms with E-state index in [1.165, 1.54) is 12.2 Å². The Morgan fingerprint density at radius 3 is 2.86 bits per heavy atom. The molecule has 1 aliphatic carbocycles. The van der Waals surface area contributed by atoms with Crippen molar-refractivity contribution in [3.05, 3.63) is 12.2 Å². The lowest BCUT2D eigenvalue weighted by molar-refractivity contribution is 0.144. The number of ether oxygens (including phenoxy) is 2. The third kappa shape index (κ3) is 1.11. The third-order valence-electron chi connectivity index (χ3n) is 2.69. The molecule has 2 heterocycles. The minimum absolute atomic E-state index is 0.00975. The van der Waals surface area contributed by atoms with Gasteiger partial charge in [-0.15, -0.1) is 0 Å². The fraction of sp³-hybridized carbons (Fsp3) is 0.600. The van der Waals surface area contributed by atoms with E-state index in [9.17, 15) is 10.2 Å². The zero-order valence-corrected chi connectivity index (χ0v) is 7.38. The topological polar surface area (TPSA) is 65.5 Å². The summed E-state index contributed by atoms with van der Waals surface area (Å²) in [7, 11) is 0. The van der Waals surface area contributed by atoms with E-state index in [0.29, 0.717) is 6.61 Å². The summed E-state index contributed by atoms with van der Waals surface area (Å²) < 4.78 is 10.2. The van der Waals surface area contributed by atoms with Crippen LogP contribution < -0.4 is 0 Å². The summed E-state index contributed by atoms with van der Waals surface area (Å²) in [6.45, 7) is 0.655. The molecule has 0 amide bonds. The quantitative estimate of drug-likeness (QED) is 0.289. The molecule has 0 aromatic carbocycles. The highest BCUT2D eigenvalue weighted by Crippen LogP contribution is 2.45. The van der Waals surface area contributed by atoms with E-state index in [1.807, 2.05) is 0 Å². The van der Waals surface area contributed by atoms with Crippen molar-refractivity contribution in [2.45, 2.75) is 30.0 Å². The summed E-state index contributed by atoms with van der Waals surface area (Å²) in [6.07, 6.45) is 1.26. The van der Waals surface area contributed by atoms with Crippen LogP contribution in [0.1, 0.15) is 0 Å². The van der Waals surface area contributed by atoms with Gasteiger partial charge in [-0.25, -0.2) is 0 Å². The van der Waals surface area contributed by atoms with Crippen LogP contribution in [0.15, 0.2) is 12.2 Å². The number of aliphatic hydroxyl groups excluding tert-OH is 2. The molecule has 2 fully saturated rings. The Hall–Kier alpha value is -0.860. The smallest absolute Gasteiger partial charge is 0.187 e. The number of fused-ring (bicyclic) bond motifs is 1. The van der Waals surface area contributed by atoms with Gasteiger partial charge in [0.15, 0.2) is 5.60 Å². The van der Waals surface area contributed by atoms with Crippen molar-refractivity contribution in [2.24, 2.45) is 0 Å². The van der Waals surface area contributed by atoms with Crippen LogP contribution in [0.5, 0.6) is 0 Å². The van der Waals surface area contributed by atoms with Gasteiger partial charge in [-0.3, -0.25) is 0 Å². The summed E-state index contributed by atoms with van der Waals surface area (Å²) in [4.78, 5) is 0. The fourth-order valence-corrected chi connectivity index (χ4v) is 1.70. The highest BCUT2D eigenvalue weighted by Gasteiger charge is 2.64. The van der Waals surface area contributed by atoms with Crippen molar-refractivity contribution in [2.75, 3.05) is 6.61 Å². The first kappa shape index (κ1) is 8.45. The molecule has 4 heteroatoms. The van der Waals surface area contributed by atoms with Crippen molar-refractivity contribution in [3.8, 4) is 11.8 Å². The summed E-state index contributed by atoms with van der Waals surface area (Å²) >= 11 is 0. The normalized spacial score (nSPS) is 53.0. The predicted octanol–water partition coefficient (Wildman–Crippen LogP) is -1.18. The summed E-state index contributed by atoms with van der Waals surface area (Å²) in [5, 5.41) is 19.1. The van der Waals surface area contributed by atoms with Crippen LogP contribution >= 0.6 is 0 Å². The minimum atomic E-state index is -0.875. The second kappa shape index (κ2) is 2.59. The molecule has 0 radical (unpaired) electrons. The van der Waals surface area contributed by atoms with Gasteiger partial charge in [0.25, 0.3) is 0 Å². The van der Waals surface area contributed by atoms with Gasteiger partial charge in [0, 0.05) is 0 Å². The molecule has 4 nitrogen and oxygen atoms in total. The third-order valence-corrected chi connectivity index (χ3v) is 2.69. The Balaban J connectivity index is 1.84. The van der Waals surface area contributed by atoms with Crippen LogP contribution in [0.3, 0.4) is 0 Å². The average Bonchev–Trinajstić information content (AvgIpc) is 2.98. The lowest BCUT2D eigenvalue weighted by atomic mass is 9.90. The highest BCUT2D eigenvalue weighted by atomic mass is 16.6. The first-order valence-corrected chi connectivity index (χ1v) is 4.59. The average molecular weight is 194 g/mol. The van der Waals surface area contributed by atoms with Gasteiger partial charge in [-0.1, -0.05) is 24.0 Å². The fourth-order valence-electron chi connectivity index (χ4n) is 1.70. The van der Waals surface area contributed by atoms with Gasteiger partial charge < -0.3 is 19.7 Å². The van der Waals surface area contributed by atoms with E-state index in [4.69, 9.17) is 9.47 Å². The molecule has 0 spiro atoms. The second-order valence-electron chi connectivity index (χ2n) is 3.74. The SMILES string of the molecule is OC1C=CC(O)C2(C#CC3CO3)OC12. The van der Waals surface area contributed by atoms with Crippen LogP contribution in [0, 0.1) is 11.8 Å². The maximum atomic E-state index is 9.65. The van der Waals surface area contributed by atoms with Crippen LogP contribution in [-0.4, -0.2) is 46.8 Å². The van der Waals surface area contributed by atoms with Crippen molar-refractivity contribution in [3.63, 3.8) is 0 Å². The molecule has 5 atom stereocenters. The van der Waals surface area contributed by atoms with E-state index < -0.39 is 17.8 Å². The summed E-state index contributed by atoms with van der Waals surface area (Å²) in [5.41, 5.74) is -0.875. The molecule has 0 saturated carbocycles. The maximum absolute atomic E-state index is 9.65. The standard InChI is InChI=1S/C10H10O4/c11-7-1-2-8(12)10(9(7)14-10)4-3-6-5-13-6/h1-2,6-9,11-12H,5H2. The number of hydrogen-bond acceptors (Lipinski definition) is 4. The molecule has 2 aliphatic heterocycles. The number of hydrogen-bond donors (Lipinski definition) is 2. The van der Waals surface area contributed by atoms with E-state index >= 15 is 0 Å². The van der Waals surface area contributed by atoms with Crippen molar-refractivity contribution in [1.29, 1.82) is 0 Å². The molecule has 2 N–H and O–H groups in total. The largest absolute Gasteiger partial charge is 0.386 e. The van der Waals surface area contributed by atoms with Crippen molar-refractivity contribution < 1.29 is 19.7 Å². The molecule has 0 bridgehead atoms. The molecular weight excluding hydrogens is 184 g/mol. The lowest BCUT2D eigenvalue weighted by Gasteiger charge is -2.16. The maximum Gasteiger partial charge on any atom is 0.187 e. The highest BCUT2D eigenvalue weighted by molar-refractivity contribution is 5.37. The van der Waals surface area contributed by atoms with Crippen molar-refractivity contribution >= 4 is 0 Å². The van der Waals surface area contributed by atoms with Gasteiger partial charge in [0.1, 0.15) is 24.4 Å². The molecule has 5 unspecified atom stereocenters. The molecule has 2 saturated heterocycles. The molecular formula is C10H10O4. The lowest BCUT2D eigenvalue weighted by Crippen LogP contribution is -2.36. The van der Waals surface area contributed by atoms with Crippen LogP contribution in [-0.2, 0) is 9.47 Å². The van der Waals surface area contributed by atoms with Gasteiger partial charge >= 0.3 is 0 Å². The van der Waals surface area contributed by atoms with Crippen LogP contribution in [0.2, 0.25) is 0 Å².